The van der Waals surface area contributed by atoms with E-state index in [1.165, 1.54) is 27.7 Å². The summed E-state index contributed by atoms with van der Waals surface area (Å²) in [7, 11) is 0. The van der Waals surface area contributed by atoms with Crippen LogP contribution in [0.15, 0.2) is 70.3 Å². The highest BCUT2D eigenvalue weighted by molar-refractivity contribution is 6.11. The Morgan fingerprint density at radius 1 is 0.956 bits per heavy atom. The maximum Gasteiger partial charge on any atom is 0.307 e. The molecule has 5 unspecified atom stereocenters. The molecule has 3 aliphatic carbocycles. The van der Waals surface area contributed by atoms with Crippen molar-refractivity contribution < 1.29 is 24.5 Å². The summed E-state index contributed by atoms with van der Waals surface area (Å²) in [6.07, 6.45) is 11.0. The summed E-state index contributed by atoms with van der Waals surface area (Å²) in [5.74, 6) is -1.79. The third kappa shape index (κ3) is 4.97. The quantitative estimate of drug-likeness (QED) is 0.357. The van der Waals surface area contributed by atoms with Crippen molar-refractivity contribution in [1.82, 2.24) is 0 Å². The maximum absolute atomic E-state index is 12.3. The maximum atomic E-state index is 12.3. The van der Waals surface area contributed by atoms with Crippen molar-refractivity contribution in [2.45, 2.75) is 91.2 Å². The van der Waals surface area contributed by atoms with Gasteiger partial charge in [0.25, 0.3) is 0 Å². The summed E-state index contributed by atoms with van der Waals surface area (Å²) in [4.78, 5) is 29.2. The molecule has 2 N–H and O–H groups in total. The Kier molecular flexibility index (Phi) is 6.81. The predicted octanol–water partition coefficient (Wildman–Crippen LogP) is 8.31. The molecule has 6 nitrogen and oxygen atoms in total. The van der Waals surface area contributed by atoms with Gasteiger partial charge in [-0.25, -0.2) is 0 Å². The zero-order chi connectivity index (χ0) is 32.0. The Labute approximate surface area is 265 Å². The van der Waals surface area contributed by atoms with E-state index < -0.39 is 24.3 Å². The van der Waals surface area contributed by atoms with Gasteiger partial charge in [-0.3, -0.25) is 14.6 Å². The van der Waals surface area contributed by atoms with Gasteiger partial charge in [0.05, 0.1) is 23.6 Å². The lowest BCUT2D eigenvalue weighted by Gasteiger charge is -2.42. The Balaban J connectivity index is 1.43. The highest BCUT2D eigenvalue weighted by atomic mass is 16.5. The summed E-state index contributed by atoms with van der Waals surface area (Å²) in [6, 6.07) is 8.69. The molecule has 0 spiro atoms. The summed E-state index contributed by atoms with van der Waals surface area (Å²) >= 11 is 0. The van der Waals surface area contributed by atoms with Crippen LogP contribution in [0.1, 0.15) is 89.8 Å². The number of aliphatic carboxylic acids is 2. The SMILES string of the molecule is CC1CC(C)(C)N=C2C=CC3C(=C21)C=CC1=C(CC(CC(=O)O)C(=O)O)c2ccc4c5c(ccc4c2OC13)CC(C)(C)CC5C. The second-order valence-corrected chi connectivity index (χ2v) is 15.4. The first-order valence-electron chi connectivity index (χ1n) is 16.4. The smallest absolute Gasteiger partial charge is 0.307 e. The number of fused-ring (bicyclic) bond motifs is 9. The molecule has 7 rings (SSSR count). The molecule has 2 aliphatic heterocycles. The fourth-order valence-corrected chi connectivity index (χ4v) is 9.20. The Hall–Kier alpha value is -3.93. The lowest BCUT2D eigenvalue weighted by Crippen LogP contribution is -2.39. The van der Waals surface area contributed by atoms with E-state index in [2.05, 4.69) is 90.1 Å². The van der Waals surface area contributed by atoms with Crippen LogP contribution in [0.5, 0.6) is 5.75 Å². The van der Waals surface area contributed by atoms with Gasteiger partial charge in [-0.05, 0) is 102 Å². The highest BCUT2D eigenvalue weighted by Gasteiger charge is 2.43. The predicted molar refractivity (Wildman–Crippen MR) is 178 cm³/mol. The van der Waals surface area contributed by atoms with Crippen molar-refractivity contribution in [2.24, 2.45) is 28.2 Å². The van der Waals surface area contributed by atoms with Crippen LogP contribution in [0.25, 0.3) is 16.3 Å². The van der Waals surface area contributed by atoms with E-state index in [1.54, 1.807) is 0 Å². The number of ether oxygens (including phenoxy) is 1. The minimum absolute atomic E-state index is 0.0545. The van der Waals surface area contributed by atoms with E-state index in [0.29, 0.717) is 11.8 Å². The molecule has 0 radical (unpaired) electrons. The van der Waals surface area contributed by atoms with E-state index in [1.807, 2.05) is 0 Å². The average Bonchev–Trinajstić information content (AvgIpc) is 2.93. The number of carbonyl (C=O) groups is 2. The summed E-state index contributed by atoms with van der Waals surface area (Å²) in [5, 5.41) is 21.9. The van der Waals surface area contributed by atoms with Crippen LogP contribution in [0.4, 0.5) is 0 Å². The van der Waals surface area contributed by atoms with Crippen LogP contribution in [-0.2, 0) is 16.0 Å². The summed E-state index contributed by atoms with van der Waals surface area (Å²) in [6.45, 7) is 13.6. The number of carboxylic acids is 2. The van der Waals surface area contributed by atoms with E-state index in [9.17, 15) is 19.8 Å². The number of nitrogens with zero attached hydrogens (tertiary/aromatic N) is 1. The van der Waals surface area contributed by atoms with Gasteiger partial charge in [-0.2, -0.15) is 0 Å². The van der Waals surface area contributed by atoms with Crippen LogP contribution in [0.2, 0.25) is 0 Å². The number of hydrogen-bond acceptors (Lipinski definition) is 4. The first kappa shape index (κ1) is 29.8. The molecule has 0 saturated carbocycles. The van der Waals surface area contributed by atoms with Gasteiger partial charge >= 0.3 is 11.9 Å². The number of benzene rings is 2. The minimum atomic E-state index is -1.11. The largest absolute Gasteiger partial charge is 0.483 e. The molecule has 2 heterocycles. The molecule has 5 atom stereocenters. The normalized spacial score (nSPS) is 27.8. The number of rotatable bonds is 5. The molecule has 45 heavy (non-hydrogen) atoms. The average molecular weight is 606 g/mol. The number of aliphatic imine (C=N–C) groups is 1. The van der Waals surface area contributed by atoms with Gasteiger partial charge < -0.3 is 14.9 Å². The second kappa shape index (κ2) is 10.3. The standard InChI is InChI=1S/C39H43NO5/c1-20-17-38(3,4)19-22-7-8-26-24(33(20)22)9-11-28-30(15-23(37(43)44)16-32(41)42)29-12-10-25-27(36(29)45-35(26)28)13-14-31-34(25)21(2)18-39(5,6)40-31/h7-14,20-21,23,27,36H,15-19H2,1-6H3,(H,41,42)(H,43,44). The summed E-state index contributed by atoms with van der Waals surface area (Å²) in [5.41, 5.74) is 9.09. The van der Waals surface area contributed by atoms with Crippen LogP contribution in [0, 0.1) is 23.2 Å². The van der Waals surface area contributed by atoms with E-state index in [-0.39, 0.29) is 29.4 Å². The van der Waals surface area contributed by atoms with Crippen molar-refractivity contribution in [1.29, 1.82) is 0 Å². The number of carboxylic acid groups (broad SMARTS) is 2. The molecule has 0 bridgehead atoms. The zero-order valence-corrected chi connectivity index (χ0v) is 27.1. The van der Waals surface area contributed by atoms with Crippen LogP contribution in [0.3, 0.4) is 0 Å². The molecule has 0 fully saturated rings. The Bertz CT molecular complexity index is 1820. The van der Waals surface area contributed by atoms with Crippen LogP contribution >= 0.6 is 0 Å². The van der Waals surface area contributed by atoms with Gasteiger partial charge in [-0.1, -0.05) is 70.2 Å². The fraction of sp³-hybridized carbons (Fsp3) is 0.462. The number of hydrogen-bond donors (Lipinski definition) is 2. The third-order valence-electron chi connectivity index (χ3n) is 10.6. The molecule has 2 aromatic rings. The van der Waals surface area contributed by atoms with Gasteiger partial charge in [0.2, 0.25) is 0 Å². The molecular weight excluding hydrogens is 562 g/mol. The molecule has 0 saturated heterocycles. The van der Waals surface area contributed by atoms with Gasteiger partial charge in [0.1, 0.15) is 11.9 Å². The van der Waals surface area contributed by atoms with E-state index in [0.717, 1.165) is 52.8 Å². The molecule has 2 aromatic carbocycles. The van der Waals surface area contributed by atoms with E-state index >= 15 is 0 Å². The summed E-state index contributed by atoms with van der Waals surface area (Å²) < 4.78 is 7.10. The molecular formula is C39H43NO5. The fourth-order valence-electron chi connectivity index (χ4n) is 9.20. The van der Waals surface area contributed by atoms with Crippen molar-refractivity contribution in [2.75, 3.05) is 0 Å². The van der Waals surface area contributed by atoms with Crippen molar-refractivity contribution in [3.05, 3.63) is 82.0 Å². The van der Waals surface area contributed by atoms with Gasteiger partial charge in [0, 0.05) is 16.9 Å². The minimum Gasteiger partial charge on any atom is -0.483 e. The molecule has 0 aromatic heterocycles. The van der Waals surface area contributed by atoms with Gasteiger partial charge in [-0.15, -0.1) is 0 Å². The first-order chi connectivity index (χ1) is 21.2. The monoisotopic (exact) mass is 605 g/mol. The lowest BCUT2D eigenvalue weighted by molar-refractivity contribution is -0.148. The van der Waals surface area contributed by atoms with Crippen molar-refractivity contribution in [3.8, 4) is 5.75 Å². The first-order valence-corrected chi connectivity index (χ1v) is 16.4. The van der Waals surface area contributed by atoms with Crippen molar-refractivity contribution in [3.63, 3.8) is 0 Å². The molecule has 6 heteroatoms. The Morgan fingerprint density at radius 2 is 1.69 bits per heavy atom. The molecule has 0 amide bonds. The van der Waals surface area contributed by atoms with E-state index in [4.69, 9.17) is 9.73 Å². The number of allylic oxidation sites excluding steroid dienone is 4. The third-order valence-corrected chi connectivity index (χ3v) is 10.6. The topological polar surface area (TPSA) is 96.2 Å². The molecule has 5 aliphatic rings. The van der Waals surface area contributed by atoms with Crippen LogP contribution in [-0.4, -0.2) is 39.5 Å². The van der Waals surface area contributed by atoms with Crippen molar-refractivity contribution >= 4 is 34.0 Å². The second-order valence-electron chi connectivity index (χ2n) is 15.4. The van der Waals surface area contributed by atoms with Crippen LogP contribution < -0.4 is 4.74 Å². The highest BCUT2D eigenvalue weighted by Crippen LogP contribution is 2.52. The zero-order valence-electron chi connectivity index (χ0n) is 27.1. The molecule has 234 valence electrons. The van der Waals surface area contributed by atoms with Gasteiger partial charge in [0.15, 0.2) is 0 Å². The lowest BCUT2D eigenvalue weighted by atomic mass is 9.68. The Morgan fingerprint density at radius 3 is 2.42 bits per heavy atom.